The Bertz CT molecular complexity index is 559. The van der Waals surface area contributed by atoms with Gasteiger partial charge in [0.15, 0.2) is 0 Å². The van der Waals surface area contributed by atoms with Crippen LogP contribution in [0.2, 0.25) is 5.15 Å². The number of hydrogen-bond donors (Lipinski definition) is 0. The zero-order valence-electron chi connectivity index (χ0n) is 9.94. The van der Waals surface area contributed by atoms with Gasteiger partial charge in [-0.1, -0.05) is 36.6 Å². The van der Waals surface area contributed by atoms with Crippen LogP contribution in [-0.2, 0) is 0 Å². The molecule has 0 unspecified atom stereocenters. The van der Waals surface area contributed by atoms with Crippen molar-refractivity contribution in [3.8, 4) is 5.69 Å². The number of rotatable bonds is 2. The molecule has 1 saturated carbocycles. The van der Waals surface area contributed by atoms with Gasteiger partial charge in [0, 0.05) is 10.4 Å². The maximum atomic E-state index is 6.31. The van der Waals surface area contributed by atoms with Gasteiger partial charge in [-0.25, -0.2) is 4.68 Å². The lowest BCUT2D eigenvalue weighted by molar-refractivity contribution is 0.678. The molecule has 4 heteroatoms. The van der Waals surface area contributed by atoms with E-state index >= 15 is 0 Å². The van der Waals surface area contributed by atoms with Crippen LogP contribution >= 0.6 is 27.5 Å². The van der Waals surface area contributed by atoms with E-state index in [2.05, 4.69) is 21.0 Å². The maximum absolute atomic E-state index is 6.31. The smallest absolute Gasteiger partial charge is 0.133 e. The first kappa shape index (κ1) is 12.2. The second kappa shape index (κ2) is 5.06. The Morgan fingerprint density at radius 3 is 2.67 bits per heavy atom. The molecule has 0 bridgehead atoms. The van der Waals surface area contributed by atoms with E-state index in [1.165, 1.54) is 25.7 Å². The standard InChI is InChI=1S/C14H14BrClN2/c15-11-7-3-4-8-13(11)18-14(16)9-12(17-18)10-5-1-2-6-10/h3-4,7-10H,1-2,5-6H2. The first-order chi connectivity index (χ1) is 8.75. The third kappa shape index (κ3) is 2.21. The Morgan fingerprint density at radius 2 is 1.94 bits per heavy atom. The molecule has 18 heavy (non-hydrogen) atoms. The third-order valence-electron chi connectivity index (χ3n) is 3.54. The van der Waals surface area contributed by atoms with E-state index < -0.39 is 0 Å². The van der Waals surface area contributed by atoms with Gasteiger partial charge in [-0.2, -0.15) is 5.10 Å². The van der Waals surface area contributed by atoms with E-state index in [-0.39, 0.29) is 0 Å². The lowest BCUT2D eigenvalue weighted by Gasteiger charge is -2.06. The largest absolute Gasteiger partial charge is 0.221 e. The Kier molecular flexibility index (Phi) is 3.44. The summed E-state index contributed by atoms with van der Waals surface area (Å²) < 4.78 is 2.83. The molecule has 2 nitrogen and oxygen atoms in total. The summed E-state index contributed by atoms with van der Waals surface area (Å²) in [7, 11) is 0. The van der Waals surface area contributed by atoms with Crippen LogP contribution in [0.1, 0.15) is 37.3 Å². The number of benzene rings is 1. The quantitative estimate of drug-likeness (QED) is 0.764. The molecule has 94 valence electrons. The van der Waals surface area contributed by atoms with Crippen LogP contribution in [0.15, 0.2) is 34.8 Å². The van der Waals surface area contributed by atoms with Gasteiger partial charge >= 0.3 is 0 Å². The van der Waals surface area contributed by atoms with Gasteiger partial charge in [0.1, 0.15) is 5.15 Å². The zero-order valence-corrected chi connectivity index (χ0v) is 12.3. The minimum Gasteiger partial charge on any atom is -0.221 e. The maximum Gasteiger partial charge on any atom is 0.133 e. The molecule has 0 saturated heterocycles. The molecule has 0 radical (unpaired) electrons. The van der Waals surface area contributed by atoms with Crippen molar-refractivity contribution in [1.82, 2.24) is 9.78 Å². The predicted octanol–water partition coefficient (Wildman–Crippen LogP) is 4.95. The van der Waals surface area contributed by atoms with Crippen molar-refractivity contribution in [2.75, 3.05) is 0 Å². The van der Waals surface area contributed by atoms with Crippen molar-refractivity contribution < 1.29 is 0 Å². The van der Waals surface area contributed by atoms with Crippen LogP contribution in [0.4, 0.5) is 0 Å². The third-order valence-corrected chi connectivity index (χ3v) is 4.48. The van der Waals surface area contributed by atoms with E-state index in [1.807, 2.05) is 35.0 Å². The van der Waals surface area contributed by atoms with Gasteiger partial charge in [0.2, 0.25) is 0 Å². The summed E-state index contributed by atoms with van der Waals surface area (Å²) in [5.74, 6) is 0.589. The Balaban J connectivity index is 2.00. The Morgan fingerprint density at radius 1 is 1.22 bits per heavy atom. The molecule has 0 amide bonds. The summed E-state index contributed by atoms with van der Waals surface area (Å²) in [5.41, 5.74) is 2.13. The summed E-state index contributed by atoms with van der Waals surface area (Å²) in [4.78, 5) is 0. The van der Waals surface area contributed by atoms with Gasteiger partial charge < -0.3 is 0 Å². The fourth-order valence-electron chi connectivity index (χ4n) is 2.59. The zero-order chi connectivity index (χ0) is 12.5. The van der Waals surface area contributed by atoms with Crippen molar-refractivity contribution in [2.24, 2.45) is 0 Å². The molecule has 1 heterocycles. The molecule has 0 spiro atoms. The molecule has 1 aliphatic carbocycles. The molecule has 1 aromatic heterocycles. The van der Waals surface area contributed by atoms with Gasteiger partial charge in [0.25, 0.3) is 0 Å². The predicted molar refractivity (Wildman–Crippen MR) is 77.5 cm³/mol. The van der Waals surface area contributed by atoms with E-state index in [0.717, 1.165) is 15.9 Å². The van der Waals surface area contributed by atoms with Crippen LogP contribution in [0.5, 0.6) is 0 Å². The number of halogens is 2. The second-order valence-corrected chi connectivity index (χ2v) is 5.98. The SMILES string of the molecule is Clc1cc(C2CCCC2)nn1-c1ccccc1Br. The summed E-state index contributed by atoms with van der Waals surface area (Å²) in [6.45, 7) is 0. The number of hydrogen-bond acceptors (Lipinski definition) is 1. The highest BCUT2D eigenvalue weighted by atomic mass is 79.9. The molecule has 0 aliphatic heterocycles. The van der Waals surface area contributed by atoms with Crippen LogP contribution in [-0.4, -0.2) is 9.78 Å². The molecular weight excluding hydrogens is 312 g/mol. The van der Waals surface area contributed by atoms with E-state index in [9.17, 15) is 0 Å². The summed E-state index contributed by atoms with van der Waals surface area (Å²) in [5, 5.41) is 5.36. The van der Waals surface area contributed by atoms with E-state index in [0.29, 0.717) is 11.1 Å². The fourth-order valence-corrected chi connectivity index (χ4v) is 3.28. The number of para-hydroxylation sites is 1. The monoisotopic (exact) mass is 324 g/mol. The van der Waals surface area contributed by atoms with Crippen LogP contribution in [0.3, 0.4) is 0 Å². The molecule has 2 aromatic rings. The second-order valence-electron chi connectivity index (χ2n) is 4.74. The van der Waals surface area contributed by atoms with Gasteiger partial charge in [-0.15, -0.1) is 0 Å². The minimum absolute atomic E-state index is 0.589. The number of aromatic nitrogens is 2. The fraction of sp³-hybridized carbons (Fsp3) is 0.357. The first-order valence-corrected chi connectivity index (χ1v) is 7.43. The van der Waals surface area contributed by atoms with Gasteiger partial charge in [-0.05, 0) is 47.0 Å². The molecule has 1 aliphatic rings. The molecule has 0 N–H and O–H groups in total. The average molecular weight is 326 g/mol. The average Bonchev–Trinajstić information content (AvgIpc) is 2.99. The van der Waals surface area contributed by atoms with Crippen molar-refractivity contribution in [1.29, 1.82) is 0 Å². The lowest BCUT2D eigenvalue weighted by Crippen LogP contribution is -2.00. The minimum atomic E-state index is 0.589. The molecule has 1 aromatic carbocycles. The number of nitrogens with zero attached hydrogens (tertiary/aromatic N) is 2. The Hall–Kier alpha value is -0.800. The lowest BCUT2D eigenvalue weighted by atomic mass is 10.1. The van der Waals surface area contributed by atoms with Crippen LogP contribution < -0.4 is 0 Å². The molecular formula is C14H14BrClN2. The summed E-state index contributed by atoms with van der Waals surface area (Å²) >= 11 is 9.85. The molecule has 0 atom stereocenters. The first-order valence-electron chi connectivity index (χ1n) is 6.26. The highest BCUT2D eigenvalue weighted by Crippen LogP contribution is 2.35. The normalized spacial score (nSPS) is 16.3. The highest BCUT2D eigenvalue weighted by molar-refractivity contribution is 9.10. The van der Waals surface area contributed by atoms with E-state index in [4.69, 9.17) is 11.6 Å². The van der Waals surface area contributed by atoms with Crippen molar-refractivity contribution in [3.63, 3.8) is 0 Å². The Labute approximate surface area is 120 Å². The highest BCUT2D eigenvalue weighted by Gasteiger charge is 2.21. The van der Waals surface area contributed by atoms with E-state index in [1.54, 1.807) is 0 Å². The molecule has 1 fully saturated rings. The van der Waals surface area contributed by atoms with Crippen molar-refractivity contribution in [2.45, 2.75) is 31.6 Å². The summed E-state index contributed by atoms with van der Waals surface area (Å²) in [6.07, 6.45) is 5.10. The van der Waals surface area contributed by atoms with Crippen LogP contribution in [0.25, 0.3) is 5.69 Å². The topological polar surface area (TPSA) is 17.8 Å². The van der Waals surface area contributed by atoms with Crippen molar-refractivity contribution >= 4 is 27.5 Å². The summed E-state index contributed by atoms with van der Waals surface area (Å²) in [6, 6.07) is 10.0. The van der Waals surface area contributed by atoms with Gasteiger partial charge in [0.05, 0.1) is 11.4 Å². The van der Waals surface area contributed by atoms with Gasteiger partial charge in [-0.3, -0.25) is 0 Å². The van der Waals surface area contributed by atoms with Crippen LogP contribution in [0, 0.1) is 0 Å². The molecule has 3 rings (SSSR count). The van der Waals surface area contributed by atoms with Crippen molar-refractivity contribution in [3.05, 3.63) is 45.7 Å².